The lowest BCUT2D eigenvalue weighted by Crippen LogP contribution is -2.39. The first-order valence-corrected chi connectivity index (χ1v) is 12.9. The average Bonchev–Trinajstić information content (AvgIpc) is 3.17. The molecule has 1 aromatic heterocycles. The molecule has 0 saturated heterocycles. The van der Waals surface area contributed by atoms with Gasteiger partial charge < -0.3 is 18.9 Å². The summed E-state index contributed by atoms with van der Waals surface area (Å²) in [5, 5.41) is 0.355. The van der Waals surface area contributed by atoms with Crippen molar-refractivity contribution in [2.24, 2.45) is 4.99 Å². The van der Waals surface area contributed by atoms with Crippen molar-refractivity contribution in [3.8, 4) is 17.2 Å². The number of allylic oxidation sites excluding steroid dienone is 1. The van der Waals surface area contributed by atoms with Crippen LogP contribution in [0.2, 0.25) is 5.02 Å². The van der Waals surface area contributed by atoms with Crippen LogP contribution in [0.5, 0.6) is 17.2 Å². The highest BCUT2D eigenvalue weighted by Gasteiger charge is 2.33. The second-order valence-corrected chi connectivity index (χ2v) is 9.46. The van der Waals surface area contributed by atoms with E-state index in [-0.39, 0.29) is 12.2 Å². The molecule has 8 nitrogen and oxygen atoms in total. The van der Waals surface area contributed by atoms with Crippen LogP contribution in [0.4, 0.5) is 0 Å². The molecule has 0 N–H and O–H groups in total. The Kier molecular flexibility index (Phi) is 8.04. The molecule has 2 heterocycles. The maximum Gasteiger partial charge on any atom is 0.338 e. The Balaban J connectivity index is 1.91. The van der Waals surface area contributed by atoms with Gasteiger partial charge in [-0.1, -0.05) is 35.1 Å². The molecule has 1 atom stereocenters. The number of esters is 1. The molecule has 2 aromatic carbocycles. The minimum Gasteiger partial charge on any atom is -0.494 e. The van der Waals surface area contributed by atoms with Crippen LogP contribution in [0.15, 0.2) is 57.5 Å². The number of hydrogen-bond donors (Lipinski definition) is 0. The lowest BCUT2D eigenvalue weighted by Gasteiger charge is -2.24. The fourth-order valence-electron chi connectivity index (χ4n) is 4.19. The molecule has 194 valence electrons. The van der Waals surface area contributed by atoms with Crippen molar-refractivity contribution in [2.75, 3.05) is 27.4 Å². The molecule has 0 amide bonds. The van der Waals surface area contributed by atoms with Crippen LogP contribution in [0, 0.1) is 0 Å². The van der Waals surface area contributed by atoms with Gasteiger partial charge in [0.1, 0.15) is 5.75 Å². The van der Waals surface area contributed by atoms with Gasteiger partial charge in [-0.25, -0.2) is 9.79 Å². The minimum atomic E-state index is -0.706. The van der Waals surface area contributed by atoms with Crippen LogP contribution >= 0.6 is 22.9 Å². The summed E-state index contributed by atoms with van der Waals surface area (Å²) >= 11 is 7.60. The van der Waals surface area contributed by atoms with Gasteiger partial charge in [-0.05, 0) is 62.2 Å². The van der Waals surface area contributed by atoms with Crippen LogP contribution in [-0.4, -0.2) is 38.0 Å². The Morgan fingerprint density at radius 2 is 1.86 bits per heavy atom. The Labute approximate surface area is 223 Å². The predicted octanol–water partition coefficient (Wildman–Crippen LogP) is 3.87. The zero-order valence-electron chi connectivity index (χ0n) is 21.2. The Morgan fingerprint density at radius 3 is 2.49 bits per heavy atom. The van der Waals surface area contributed by atoms with E-state index in [4.69, 9.17) is 30.5 Å². The molecule has 3 aromatic rings. The van der Waals surface area contributed by atoms with E-state index in [1.807, 2.05) is 31.2 Å². The van der Waals surface area contributed by atoms with Crippen molar-refractivity contribution in [1.82, 2.24) is 4.57 Å². The zero-order chi connectivity index (χ0) is 26.7. The number of thiazole rings is 1. The number of carbonyl (C=O) groups is 1. The molecule has 0 radical (unpaired) electrons. The Bertz CT molecular complexity index is 1540. The second-order valence-electron chi connectivity index (χ2n) is 8.04. The van der Waals surface area contributed by atoms with E-state index in [0.717, 1.165) is 5.56 Å². The molecule has 4 rings (SSSR count). The van der Waals surface area contributed by atoms with E-state index >= 15 is 0 Å². The van der Waals surface area contributed by atoms with Gasteiger partial charge in [0.15, 0.2) is 16.3 Å². The normalized spacial score (nSPS) is 15.2. The van der Waals surface area contributed by atoms with Crippen LogP contribution in [0.3, 0.4) is 0 Å². The predicted molar refractivity (Wildman–Crippen MR) is 143 cm³/mol. The summed E-state index contributed by atoms with van der Waals surface area (Å²) in [6, 6.07) is 10.1. The quantitative estimate of drug-likeness (QED) is 0.402. The van der Waals surface area contributed by atoms with Crippen molar-refractivity contribution >= 4 is 35.0 Å². The maximum absolute atomic E-state index is 13.8. The number of aromatic nitrogens is 1. The van der Waals surface area contributed by atoms with Crippen molar-refractivity contribution in [2.45, 2.75) is 26.8 Å². The van der Waals surface area contributed by atoms with Gasteiger partial charge in [0, 0.05) is 0 Å². The summed E-state index contributed by atoms with van der Waals surface area (Å²) < 4.78 is 23.6. The van der Waals surface area contributed by atoms with Crippen LogP contribution in [-0.2, 0) is 9.53 Å². The topological polar surface area (TPSA) is 88.4 Å². The van der Waals surface area contributed by atoms with Crippen LogP contribution in [0.25, 0.3) is 6.08 Å². The molecule has 1 aliphatic rings. The van der Waals surface area contributed by atoms with Gasteiger partial charge in [-0.3, -0.25) is 9.36 Å². The van der Waals surface area contributed by atoms with E-state index < -0.39 is 12.0 Å². The number of nitrogens with zero attached hydrogens (tertiary/aromatic N) is 2. The molecule has 0 spiro atoms. The van der Waals surface area contributed by atoms with E-state index in [0.29, 0.717) is 55.0 Å². The van der Waals surface area contributed by atoms with Gasteiger partial charge in [0.2, 0.25) is 0 Å². The zero-order valence-corrected chi connectivity index (χ0v) is 22.7. The van der Waals surface area contributed by atoms with E-state index in [1.54, 1.807) is 32.1 Å². The molecule has 0 bridgehead atoms. The lowest BCUT2D eigenvalue weighted by atomic mass is 9.96. The molecule has 0 unspecified atom stereocenters. The smallest absolute Gasteiger partial charge is 0.338 e. The van der Waals surface area contributed by atoms with Gasteiger partial charge >= 0.3 is 5.97 Å². The number of ether oxygens (including phenoxy) is 4. The monoisotopic (exact) mass is 542 g/mol. The van der Waals surface area contributed by atoms with Gasteiger partial charge in [-0.2, -0.15) is 0 Å². The minimum absolute atomic E-state index is 0.204. The second kappa shape index (κ2) is 11.2. The molecule has 10 heteroatoms. The van der Waals surface area contributed by atoms with E-state index in [1.165, 1.54) is 30.1 Å². The number of hydrogen-bond acceptors (Lipinski definition) is 8. The highest BCUT2D eigenvalue weighted by molar-refractivity contribution is 7.07. The Hall–Kier alpha value is -3.56. The fraction of sp³-hybridized carbons (Fsp3) is 0.296. The maximum atomic E-state index is 13.8. The first-order valence-electron chi connectivity index (χ1n) is 11.7. The summed E-state index contributed by atoms with van der Waals surface area (Å²) in [5.41, 5.74) is 1.93. The fourth-order valence-corrected chi connectivity index (χ4v) is 5.54. The first-order chi connectivity index (χ1) is 17.8. The van der Waals surface area contributed by atoms with Crippen LogP contribution in [0.1, 0.15) is 37.9 Å². The highest BCUT2D eigenvalue weighted by Crippen LogP contribution is 2.36. The third-order valence-corrected chi connectivity index (χ3v) is 7.04. The van der Waals surface area contributed by atoms with Gasteiger partial charge in [-0.15, -0.1) is 0 Å². The largest absolute Gasteiger partial charge is 0.494 e. The molecule has 1 aliphatic heterocycles. The number of benzene rings is 2. The number of carbonyl (C=O) groups excluding carboxylic acids is 1. The summed E-state index contributed by atoms with van der Waals surface area (Å²) in [5.74, 6) is 1.04. The van der Waals surface area contributed by atoms with Crippen LogP contribution < -0.4 is 29.1 Å². The lowest BCUT2D eigenvalue weighted by molar-refractivity contribution is -0.139. The number of fused-ring (bicyclic) bond motifs is 1. The average molecular weight is 543 g/mol. The molecule has 0 aliphatic carbocycles. The highest BCUT2D eigenvalue weighted by atomic mass is 35.5. The number of halogens is 1. The number of methoxy groups -OCH3 is 2. The first kappa shape index (κ1) is 26.5. The SMILES string of the molecule is CCOC(=O)C1=C(C)N=c2s/c(=C\c3cc(Cl)c(OC)c(OC)c3)c(=O)n2[C@@H]1c1ccc(OCC)cc1. The molecular formula is C27H27ClN2O6S. The molecular weight excluding hydrogens is 516 g/mol. The van der Waals surface area contributed by atoms with Crippen molar-refractivity contribution < 1.29 is 23.7 Å². The summed E-state index contributed by atoms with van der Waals surface area (Å²) in [7, 11) is 3.02. The van der Waals surface area contributed by atoms with E-state index in [9.17, 15) is 9.59 Å². The summed E-state index contributed by atoms with van der Waals surface area (Å²) in [6.45, 7) is 6.13. The van der Waals surface area contributed by atoms with Crippen molar-refractivity contribution in [1.29, 1.82) is 0 Å². The Morgan fingerprint density at radius 1 is 1.14 bits per heavy atom. The third kappa shape index (κ3) is 5.14. The van der Waals surface area contributed by atoms with Crippen molar-refractivity contribution in [3.05, 3.63) is 83.5 Å². The van der Waals surface area contributed by atoms with Crippen molar-refractivity contribution in [3.63, 3.8) is 0 Å². The standard InChI is InChI=1S/C27H27ClN2O6S/c1-6-35-18-10-8-17(9-11-18)23-22(26(32)36-7-2)15(3)29-27-30(23)25(31)21(37-27)14-16-12-19(28)24(34-5)20(13-16)33-4/h8-14,23H,6-7H2,1-5H3/b21-14-/t23-/m1/s1. The van der Waals surface area contributed by atoms with Gasteiger partial charge in [0.25, 0.3) is 5.56 Å². The molecule has 0 fully saturated rings. The van der Waals surface area contributed by atoms with Gasteiger partial charge in [0.05, 0.1) is 54.3 Å². The summed E-state index contributed by atoms with van der Waals surface area (Å²) in [4.78, 5) is 31.9. The number of rotatable bonds is 8. The summed E-state index contributed by atoms with van der Waals surface area (Å²) in [6.07, 6.45) is 1.72. The third-order valence-electron chi connectivity index (χ3n) is 5.78. The molecule has 0 saturated carbocycles. The molecule has 37 heavy (non-hydrogen) atoms. The van der Waals surface area contributed by atoms with E-state index in [2.05, 4.69) is 4.99 Å².